The van der Waals surface area contributed by atoms with Crippen molar-refractivity contribution in [2.75, 3.05) is 6.61 Å². The highest BCUT2D eigenvalue weighted by atomic mass is 35.5. The molecule has 1 N–H and O–H groups in total. The van der Waals surface area contributed by atoms with Crippen molar-refractivity contribution in [3.8, 4) is 5.88 Å². The van der Waals surface area contributed by atoms with Gasteiger partial charge < -0.3 is 9.84 Å². The van der Waals surface area contributed by atoms with E-state index in [-0.39, 0.29) is 6.61 Å². The molecular weight excluding hydrogens is 180 g/mol. The van der Waals surface area contributed by atoms with Crippen molar-refractivity contribution >= 4 is 11.6 Å². The Balaban J connectivity index is 2.46. The molecule has 4 nitrogen and oxygen atoms in total. The number of aliphatic hydroxyl groups excluding tert-OH is 1. The third-order valence-corrected chi connectivity index (χ3v) is 2.16. The zero-order valence-corrected chi connectivity index (χ0v) is 7.21. The number of hydrogen-bond donors (Lipinski definition) is 1. The molecule has 0 saturated carbocycles. The van der Waals surface area contributed by atoms with Gasteiger partial charge in [-0.25, -0.2) is 4.68 Å². The molecule has 0 atom stereocenters. The average molecular weight is 189 g/mol. The second-order valence-corrected chi connectivity index (χ2v) is 3.02. The zero-order valence-electron chi connectivity index (χ0n) is 6.46. The normalized spacial score (nSPS) is 15.5. The summed E-state index contributed by atoms with van der Waals surface area (Å²) in [6.45, 7) is 1.37. The van der Waals surface area contributed by atoms with E-state index in [2.05, 4.69) is 5.10 Å². The van der Waals surface area contributed by atoms with E-state index in [1.807, 2.05) is 0 Å². The maximum Gasteiger partial charge on any atom is 0.219 e. The summed E-state index contributed by atoms with van der Waals surface area (Å²) in [4.78, 5) is 0. The highest BCUT2D eigenvalue weighted by molar-refractivity contribution is 6.30. The van der Waals surface area contributed by atoms with Crippen LogP contribution in [-0.2, 0) is 13.2 Å². The van der Waals surface area contributed by atoms with Gasteiger partial charge in [-0.05, 0) is 0 Å². The summed E-state index contributed by atoms with van der Waals surface area (Å²) in [6.07, 6.45) is 0.940. The van der Waals surface area contributed by atoms with Gasteiger partial charge in [-0.2, -0.15) is 5.10 Å². The number of aromatic nitrogens is 2. The highest BCUT2D eigenvalue weighted by Crippen LogP contribution is 2.28. The third kappa shape index (κ3) is 1.07. The van der Waals surface area contributed by atoms with E-state index in [9.17, 15) is 0 Å². The first-order valence-corrected chi connectivity index (χ1v) is 4.19. The predicted molar refractivity (Wildman–Crippen MR) is 43.3 cm³/mol. The molecule has 0 spiro atoms. The quantitative estimate of drug-likeness (QED) is 0.710. The fourth-order valence-electron chi connectivity index (χ4n) is 1.28. The number of halogens is 1. The lowest BCUT2D eigenvalue weighted by molar-refractivity contribution is 0.216. The van der Waals surface area contributed by atoms with Gasteiger partial charge in [-0.15, -0.1) is 0 Å². The Morgan fingerprint density at radius 2 is 2.50 bits per heavy atom. The van der Waals surface area contributed by atoms with Gasteiger partial charge in [0.05, 0.1) is 18.8 Å². The number of ether oxygens (including phenoxy) is 1. The van der Waals surface area contributed by atoms with Crippen LogP contribution in [0.15, 0.2) is 0 Å². The summed E-state index contributed by atoms with van der Waals surface area (Å²) in [6, 6.07) is 0. The molecule has 0 saturated heterocycles. The topological polar surface area (TPSA) is 47.3 Å². The lowest BCUT2D eigenvalue weighted by Gasteiger charge is -2.15. The van der Waals surface area contributed by atoms with Gasteiger partial charge >= 0.3 is 0 Å². The zero-order chi connectivity index (χ0) is 8.55. The molecule has 2 heterocycles. The SMILES string of the molecule is OCc1c(Cl)nn2c1OCCC2. The van der Waals surface area contributed by atoms with E-state index in [4.69, 9.17) is 21.4 Å². The number of fused-ring (bicyclic) bond motifs is 1. The van der Waals surface area contributed by atoms with Crippen molar-refractivity contribution in [3.63, 3.8) is 0 Å². The first-order valence-electron chi connectivity index (χ1n) is 3.82. The van der Waals surface area contributed by atoms with Crippen molar-refractivity contribution in [2.24, 2.45) is 0 Å². The smallest absolute Gasteiger partial charge is 0.219 e. The molecular formula is C7H9ClN2O2. The molecule has 0 unspecified atom stereocenters. The summed E-state index contributed by atoms with van der Waals surface area (Å²) in [5.41, 5.74) is 0.594. The summed E-state index contributed by atoms with van der Waals surface area (Å²) in [5.74, 6) is 0.619. The van der Waals surface area contributed by atoms with E-state index < -0.39 is 0 Å². The van der Waals surface area contributed by atoms with Crippen LogP contribution in [0.5, 0.6) is 5.88 Å². The van der Waals surface area contributed by atoms with Crippen molar-refractivity contribution < 1.29 is 9.84 Å². The number of aliphatic hydroxyl groups is 1. The Kier molecular flexibility index (Phi) is 1.94. The van der Waals surface area contributed by atoms with Gasteiger partial charge in [0.15, 0.2) is 5.15 Å². The molecule has 0 fully saturated rings. The van der Waals surface area contributed by atoms with Crippen molar-refractivity contribution in [1.82, 2.24) is 9.78 Å². The van der Waals surface area contributed by atoms with Gasteiger partial charge in [0, 0.05) is 13.0 Å². The molecule has 5 heteroatoms. The monoisotopic (exact) mass is 188 g/mol. The minimum absolute atomic E-state index is 0.117. The molecule has 1 aromatic heterocycles. The van der Waals surface area contributed by atoms with Gasteiger partial charge in [0.25, 0.3) is 0 Å². The molecule has 2 rings (SSSR count). The van der Waals surface area contributed by atoms with Gasteiger partial charge in [0.2, 0.25) is 5.88 Å². The number of rotatable bonds is 1. The molecule has 0 aliphatic carbocycles. The number of hydrogen-bond acceptors (Lipinski definition) is 3. The highest BCUT2D eigenvalue weighted by Gasteiger charge is 2.19. The van der Waals surface area contributed by atoms with Gasteiger partial charge in [-0.1, -0.05) is 11.6 Å². The summed E-state index contributed by atoms with van der Waals surface area (Å²) in [5, 5.41) is 13.3. The fraction of sp³-hybridized carbons (Fsp3) is 0.571. The molecule has 1 aliphatic heterocycles. The Morgan fingerprint density at radius 3 is 3.25 bits per heavy atom. The standard InChI is InChI=1S/C7H9ClN2O2/c8-6-5(4-11)7-10(9-6)2-1-3-12-7/h11H,1-4H2. The first kappa shape index (κ1) is 7.89. The molecule has 66 valence electrons. The van der Waals surface area contributed by atoms with E-state index in [0.717, 1.165) is 13.0 Å². The minimum Gasteiger partial charge on any atom is -0.477 e. The van der Waals surface area contributed by atoms with Crippen LogP contribution in [0.25, 0.3) is 0 Å². The van der Waals surface area contributed by atoms with Crippen LogP contribution in [0.4, 0.5) is 0 Å². The molecule has 0 amide bonds. The van der Waals surface area contributed by atoms with Crippen LogP contribution in [0.2, 0.25) is 5.15 Å². The number of nitrogens with zero attached hydrogens (tertiary/aromatic N) is 2. The Hall–Kier alpha value is -0.740. The molecule has 1 aromatic rings. The summed E-state index contributed by atoms with van der Waals surface area (Å²) >= 11 is 5.76. The average Bonchev–Trinajstić information content (AvgIpc) is 2.40. The first-order chi connectivity index (χ1) is 5.83. The Bertz CT molecular complexity index is 298. The largest absolute Gasteiger partial charge is 0.477 e. The Morgan fingerprint density at radius 1 is 1.67 bits per heavy atom. The maximum atomic E-state index is 8.95. The van der Waals surface area contributed by atoms with E-state index in [1.54, 1.807) is 4.68 Å². The van der Waals surface area contributed by atoms with E-state index in [1.165, 1.54) is 0 Å². The van der Waals surface area contributed by atoms with Gasteiger partial charge in [0.1, 0.15) is 0 Å². The molecule has 1 aliphatic rings. The maximum absolute atomic E-state index is 8.95. The summed E-state index contributed by atoms with van der Waals surface area (Å²) in [7, 11) is 0. The van der Waals surface area contributed by atoms with E-state index >= 15 is 0 Å². The van der Waals surface area contributed by atoms with E-state index in [0.29, 0.717) is 23.2 Å². The van der Waals surface area contributed by atoms with Crippen LogP contribution in [0.1, 0.15) is 12.0 Å². The fourth-order valence-corrected chi connectivity index (χ4v) is 1.52. The third-order valence-electron chi connectivity index (χ3n) is 1.86. The van der Waals surface area contributed by atoms with Crippen molar-refractivity contribution in [1.29, 1.82) is 0 Å². The van der Waals surface area contributed by atoms with Crippen molar-refractivity contribution in [3.05, 3.63) is 10.7 Å². The van der Waals surface area contributed by atoms with Crippen LogP contribution in [-0.4, -0.2) is 21.5 Å². The second-order valence-electron chi connectivity index (χ2n) is 2.66. The summed E-state index contributed by atoms with van der Waals surface area (Å²) < 4.78 is 7.01. The molecule has 0 bridgehead atoms. The lowest BCUT2D eigenvalue weighted by Crippen LogP contribution is -2.15. The van der Waals surface area contributed by atoms with Crippen LogP contribution < -0.4 is 4.74 Å². The molecule has 0 aromatic carbocycles. The lowest BCUT2D eigenvalue weighted by atomic mass is 10.3. The van der Waals surface area contributed by atoms with Crippen molar-refractivity contribution in [2.45, 2.75) is 19.6 Å². The number of aryl methyl sites for hydroxylation is 1. The van der Waals surface area contributed by atoms with Crippen LogP contribution in [0, 0.1) is 0 Å². The van der Waals surface area contributed by atoms with Gasteiger partial charge in [-0.3, -0.25) is 0 Å². The second kappa shape index (κ2) is 2.95. The Labute approximate surface area is 74.7 Å². The van der Waals surface area contributed by atoms with Crippen LogP contribution >= 0.6 is 11.6 Å². The minimum atomic E-state index is -0.117. The molecule has 0 radical (unpaired) electrons. The van der Waals surface area contributed by atoms with Crippen LogP contribution in [0.3, 0.4) is 0 Å². The predicted octanol–water partition coefficient (Wildman–Crippen LogP) is 0.811. The molecule has 12 heavy (non-hydrogen) atoms.